The number of ether oxygens (including phenoxy) is 2. The van der Waals surface area contributed by atoms with Crippen LogP contribution in [0.15, 0.2) is 0 Å². The highest BCUT2D eigenvalue weighted by atomic mass is 16.5. The molecule has 2 fully saturated rings. The highest BCUT2D eigenvalue weighted by Gasteiger charge is 2.14. The van der Waals surface area contributed by atoms with Crippen molar-refractivity contribution < 1.29 is 9.47 Å². The molecule has 2 saturated heterocycles. The van der Waals surface area contributed by atoms with Crippen molar-refractivity contribution in [1.29, 1.82) is 0 Å². The number of hydrogen-bond acceptors (Lipinski definition) is 2. The van der Waals surface area contributed by atoms with E-state index < -0.39 is 0 Å². The second-order valence-electron chi connectivity index (χ2n) is 5.51. The summed E-state index contributed by atoms with van der Waals surface area (Å²) in [5.41, 5.74) is 0. The molecule has 0 amide bonds. The summed E-state index contributed by atoms with van der Waals surface area (Å²) >= 11 is 0. The molecule has 0 aliphatic carbocycles. The largest absolute Gasteiger partial charge is 0.378 e. The molecule has 2 rings (SSSR count). The summed E-state index contributed by atoms with van der Waals surface area (Å²) in [6.45, 7) is 9.66. The van der Waals surface area contributed by atoms with Gasteiger partial charge in [-0.25, -0.2) is 0 Å². The van der Waals surface area contributed by atoms with Crippen molar-refractivity contribution in [3.8, 4) is 0 Å². The molecule has 2 aliphatic heterocycles. The Balaban J connectivity index is 0.000000160. The van der Waals surface area contributed by atoms with Crippen LogP contribution in [-0.2, 0) is 9.47 Å². The van der Waals surface area contributed by atoms with Crippen LogP contribution >= 0.6 is 0 Å². The molecule has 2 heteroatoms. The molecule has 4 atom stereocenters. The molecule has 0 spiro atoms. The molecule has 0 saturated carbocycles. The minimum absolute atomic E-state index is 0.513. The monoisotopic (exact) mass is 228 g/mol. The van der Waals surface area contributed by atoms with Crippen molar-refractivity contribution in [3.05, 3.63) is 0 Å². The Morgan fingerprint density at radius 3 is 1.69 bits per heavy atom. The maximum Gasteiger partial charge on any atom is 0.0550 e. The van der Waals surface area contributed by atoms with Crippen LogP contribution in [0.5, 0.6) is 0 Å². The van der Waals surface area contributed by atoms with E-state index in [2.05, 4.69) is 27.7 Å². The van der Waals surface area contributed by atoms with E-state index in [0.29, 0.717) is 18.3 Å². The molecule has 0 N–H and O–H groups in total. The van der Waals surface area contributed by atoms with Gasteiger partial charge in [0.1, 0.15) is 0 Å². The first-order valence-corrected chi connectivity index (χ1v) is 6.85. The van der Waals surface area contributed by atoms with Gasteiger partial charge in [-0.15, -0.1) is 0 Å². The maximum atomic E-state index is 5.49. The molecule has 0 aromatic rings. The van der Waals surface area contributed by atoms with E-state index in [1.807, 2.05) is 0 Å². The molecule has 2 heterocycles. The smallest absolute Gasteiger partial charge is 0.0550 e. The second-order valence-corrected chi connectivity index (χ2v) is 5.51. The molecule has 0 bridgehead atoms. The fourth-order valence-electron chi connectivity index (χ4n) is 2.24. The molecule has 0 radical (unpaired) electrons. The van der Waals surface area contributed by atoms with E-state index in [1.54, 1.807) is 0 Å². The Morgan fingerprint density at radius 2 is 1.38 bits per heavy atom. The van der Waals surface area contributed by atoms with E-state index in [4.69, 9.17) is 9.47 Å². The van der Waals surface area contributed by atoms with Gasteiger partial charge in [-0.1, -0.05) is 6.92 Å². The molecule has 96 valence electrons. The zero-order chi connectivity index (χ0) is 12.0. The molecular weight excluding hydrogens is 200 g/mol. The lowest BCUT2D eigenvalue weighted by Gasteiger charge is -2.24. The van der Waals surface area contributed by atoms with Gasteiger partial charge in [0.2, 0.25) is 0 Å². The first kappa shape index (κ1) is 14.0. The topological polar surface area (TPSA) is 18.5 Å². The maximum absolute atomic E-state index is 5.49. The fraction of sp³-hybridized carbons (Fsp3) is 1.00. The standard InChI is InChI=1S/2C7H14O/c1-6-3-4-7(2)8-5-6;1-6-4-3-5-7(2)8-6/h2*6-7H,3-5H2,1-2H3. The minimum Gasteiger partial charge on any atom is -0.378 e. The van der Waals surface area contributed by atoms with Crippen LogP contribution in [-0.4, -0.2) is 24.9 Å². The molecular formula is C14H28O2. The van der Waals surface area contributed by atoms with Crippen molar-refractivity contribution in [1.82, 2.24) is 0 Å². The Morgan fingerprint density at radius 1 is 0.750 bits per heavy atom. The minimum atomic E-state index is 0.513. The van der Waals surface area contributed by atoms with Crippen molar-refractivity contribution >= 4 is 0 Å². The predicted octanol–water partition coefficient (Wildman–Crippen LogP) is 3.79. The van der Waals surface area contributed by atoms with E-state index in [9.17, 15) is 0 Å². The van der Waals surface area contributed by atoms with Gasteiger partial charge in [0, 0.05) is 6.61 Å². The molecule has 16 heavy (non-hydrogen) atoms. The second kappa shape index (κ2) is 7.29. The third-order valence-electron chi connectivity index (χ3n) is 3.42. The van der Waals surface area contributed by atoms with Crippen LogP contribution in [0, 0.1) is 5.92 Å². The Bertz CT molecular complexity index is 156. The third kappa shape index (κ3) is 5.86. The number of hydrogen-bond donors (Lipinski definition) is 0. The molecule has 4 unspecified atom stereocenters. The summed E-state index contributed by atoms with van der Waals surface area (Å²) in [7, 11) is 0. The van der Waals surface area contributed by atoms with Crippen molar-refractivity contribution in [2.75, 3.05) is 6.61 Å². The summed E-state index contributed by atoms with van der Waals surface area (Å²) in [6, 6.07) is 0. The van der Waals surface area contributed by atoms with Crippen molar-refractivity contribution in [2.24, 2.45) is 5.92 Å². The number of rotatable bonds is 0. The van der Waals surface area contributed by atoms with E-state index >= 15 is 0 Å². The van der Waals surface area contributed by atoms with Crippen LogP contribution < -0.4 is 0 Å². The molecule has 0 aromatic carbocycles. The summed E-state index contributed by atoms with van der Waals surface area (Å²) in [5.74, 6) is 0.797. The lowest BCUT2D eigenvalue weighted by atomic mass is 10.0. The van der Waals surface area contributed by atoms with Crippen LogP contribution in [0.3, 0.4) is 0 Å². The summed E-state index contributed by atoms with van der Waals surface area (Å²) in [4.78, 5) is 0. The molecule has 0 aromatic heterocycles. The predicted molar refractivity (Wildman–Crippen MR) is 67.7 cm³/mol. The highest BCUT2D eigenvalue weighted by molar-refractivity contribution is 4.63. The Hall–Kier alpha value is -0.0800. The first-order valence-electron chi connectivity index (χ1n) is 6.85. The van der Waals surface area contributed by atoms with Crippen LogP contribution in [0.25, 0.3) is 0 Å². The van der Waals surface area contributed by atoms with E-state index in [1.165, 1.54) is 32.1 Å². The first-order chi connectivity index (χ1) is 7.58. The van der Waals surface area contributed by atoms with Gasteiger partial charge < -0.3 is 9.47 Å². The summed E-state index contributed by atoms with van der Waals surface area (Å²) in [6.07, 6.45) is 8.00. The van der Waals surface area contributed by atoms with Gasteiger partial charge in [0.05, 0.1) is 18.3 Å². The van der Waals surface area contributed by atoms with Crippen molar-refractivity contribution in [3.63, 3.8) is 0 Å². The Kier molecular flexibility index (Phi) is 6.37. The lowest BCUT2D eigenvalue weighted by Crippen LogP contribution is -2.22. The third-order valence-corrected chi connectivity index (χ3v) is 3.42. The average Bonchev–Trinajstić information content (AvgIpc) is 2.23. The average molecular weight is 228 g/mol. The van der Waals surface area contributed by atoms with Gasteiger partial charge >= 0.3 is 0 Å². The van der Waals surface area contributed by atoms with Crippen LogP contribution in [0.2, 0.25) is 0 Å². The van der Waals surface area contributed by atoms with Crippen LogP contribution in [0.4, 0.5) is 0 Å². The lowest BCUT2D eigenvalue weighted by molar-refractivity contribution is -0.0292. The Labute approximate surface area is 101 Å². The summed E-state index contributed by atoms with van der Waals surface area (Å²) in [5, 5.41) is 0. The molecule has 2 nitrogen and oxygen atoms in total. The zero-order valence-corrected chi connectivity index (χ0v) is 11.4. The van der Waals surface area contributed by atoms with Crippen LogP contribution in [0.1, 0.15) is 59.8 Å². The van der Waals surface area contributed by atoms with E-state index in [-0.39, 0.29) is 0 Å². The van der Waals surface area contributed by atoms with Gasteiger partial charge in [-0.05, 0) is 58.8 Å². The summed E-state index contributed by atoms with van der Waals surface area (Å²) < 4.78 is 10.9. The fourth-order valence-corrected chi connectivity index (χ4v) is 2.24. The quantitative estimate of drug-likeness (QED) is 0.628. The normalized spacial score (nSPS) is 39.8. The highest BCUT2D eigenvalue weighted by Crippen LogP contribution is 2.17. The van der Waals surface area contributed by atoms with Gasteiger partial charge in [-0.2, -0.15) is 0 Å². The SMILES string of the molecule is CC1CCC(C)OC1.CC1CCCC(C)O1. The van der Waals surface area contributed by atoms with Gasteiger partial charge in [0.25, 0.3) is 0 Å². The van der Waals surface area contributed by atoms with E-state index in [0.717, 1.165) is 12.5 Å². The van der Waals surface area contributed by atoms with Gasteiger partial charge in [-0.3, -0.25) is 0 Å². The van der Waals surface area contributed by atoms with Crippen molar-refractivity contribution in [2.45, 2.75) is 78.1 Å². The zero-order valence-electron chi connectivity index (χ0n) is 11.4. The van der Waals surface area contributed by atoms with Gasteiger partial charge in [0.15, 0.2) is 0 Å². The molecule has 2 aliphatic rings.